The number of phenols is 1. The van der Waals surface area contributed by atoms with Crippen LogP contribution >= 0.6 is 0 Å². The third-order valence-corrected chi connectivity index (χ3v) is 3.67. The highest BCUT2D eigenvalue weighted by Crippen LogP contribution is 2.28. The van der Waals surface area contributed by atoms with Crippen LogP contribution in [0.15, 0.2) is 48.5 Å². The highest BCUT2D eigenvalue weighted by molar-refractivity contribution is 5.49. The predicted octanol–water partition coefficient (Wildman–Crippen LogP) is 4.37. The number of nitrogens with zero attached hydrogens (tertiary/aromatic N) is 1. The van der Waals surface area contributed by atoms with Gasteiger partial charge in [-0.1, -0.05) is 30.3 Å². The van der Waals surface area contributed by atoms with E-state index >= 15 is 0 Å². The molecule has 2 N–H and O–H groups in total. The van der Waals surface area contributed by atoms with E-state index in [1.807, 2.05) is 63.2 Å². The normalized spacial score (nSPS) is 12.5. The largest absolute Gasteiger partial charge is 0.508 e. The quantitative estimate of drug-likeness (QED) is 0.874. The van der Waals surface area contributed by atoms with Gasteiger partial charge >= 0.3 is 0 Å². The summed E-state index contributed by atoms with van der Waals surface area (Å²) in [6.45, 7) is 5.81. The predicted molar refractivity (Wildman–Crippen MR) is 85.2 cm³/mol. The van der Waals surface area contributed by atoms with Crippen molar-refractivity contribution >= 4 is 5.69 Å². The van der Waals surface area contributed by atoms with E-state index in [0.717, 1.165) is 16.8 Å². The highest BCUT2D eigenvalue weighted by atomic mass is 16.3. The van der Waals surface area contributed by atoms with E-state index in [1.165, 1.54) is 0 Å². The molecule has 0 saturated carbocycles. The summed E-state index contributed by atoms with van der Waals surface area (Å²) in [5.41, 5.74) is 2.33. The van der Waals surface area contributed by atoms with E-state index in [1.54, 1.807) is 6.07 Å². The fourth-order valence-electron chi connectivity index (χ4n) is 2.23. The second kappa shape index (κ2) is 5.88. The summed E-state index contributed by atoms with van der Waals surface area (Å²) in [6, 6.07) is 17.5. The van der Waals surface area contributed by atoms with Crippen molar-refractivity contribution in [1.82, 2.24) is 0 Å². The van der Waals surface area contributed by atoms with E-state index in [9.17, 15) is 5.11 Å². The lowest BCUT2D eigenvalue weighted by atomic mass is 9.86. The van der Waals surface area contributed by atoms with Crippen LogP contribution in [0, 0.1) is 11.3 Å². The fraction of sp³-hybridized carbons (Fsp3) is 0.278. The van der Waals surface area contributed by atoms with Gasteiger partial charge in [0, 0.05) is 11.3 Å². The lowest BCUT2D eigenvalue weighted by Crippen LogP contribution is -2.14. The monoisotopic (exact) mass is 280 g/mol. The van der Waals surface area contributed by atoms with E-state index in [4.69, 9.17) is 5.26 Å². The van der Waals surface area contributed by atoms with Crippen molar-refractivity contribution in [1.29, 1.82) is 5.26 Å². The van der Waals surface area contributed by atoms with Gasteiger partial charge in [-0.15, -0.1) is 0 Å². The van der Waals surface area contributed by atoms with Crippen molar-refractivity contribution in [3.63, 3.8) is 0 Å². The van der Waals surface area contributed by atoms with Crippen LogP contribution in [0.3, 0.4) is 0 Å². The van der Waals surface area contributed by atoms with Crippen LogP contribution in [0.1, 0.15) is 37.9 Å². The molecule has 0 aliphatic heterocycles. The zero-order valence-electron chi connectivity index (χ0n) is 12.6. The first-order chi connectivity index (χ1) is 9.94. The number of hydrogen-bond acceptors (Lipinski definition) is 3. The maximum Gasteiger partial charge on any atom is 0.120 e. The van der Waals surface area contributed by atoms with Crippen LogP contribution in [0.4, 0.5) is 5.69 Å². The van der Waals surface area contributed by atoms with Crippen LogP contribution in [-0.2, 0) is 5.41 Å². The van der Waals surface area contributed by atoms with E-state index < -0.39 is 5.41 Å². The first-order valence-electron chi connectivity index (χ1n) is 7.00. The molecule has 2 aromatic rings. The van der Waals surface area contributed by atoms with Gasteiger partial charge in [0.05, 0.1) is 17.5 Å². The van der Waals surface area contributed by atoms with Crippen LogP contribution in [-0.4, -0.2) is 5.11 Å². The number of rotatable bonds is 4. The fourth-order valence-corrected chi connectivity index (χ4v) is 2.23. The van der Waals surface area contributed by atoms with Gasteiger partial charge in [-0.05, 0) is 44.5 Å². The summed E-state index contributed by atoms with van der Waals surface area (Å²) in [5.74, 6) is 0.291. The van der Waals surface area contributed by atoms with Crippen LogP contribution in [0.5, 0.6) is 5.75 Å². The van der Waals surface area contributed by atoms with Crippen molar-refractivity contribution in [2.24, 2.45) is 0 Å². The molecule has 2 aromatic carbocycles. The number of anilines is 1. The molecule has 0 aromatic heterocycles. The molecule has 21 heavy (non-hydrogen) atoms. The molecule has 108 valence electrons. The number of aromatic hydroxyl groups is 1. The summed E-state index contributed by atoms with van der Waals surface area (Å²) < 4.78 is 0. The van der Waals surface area contributed by atoms with E-state index in [2.05, 4.69) is 11.4 Å². The standard InChI is InChI=1S/C18H20N2O/c1-13(16-6-4-5-7-17(16)21)20-15-10-8-14(9-11-15)18(2,3)12-19/h4-11,13,20-21H,1-3H3. The van der Waals surface area contributed by atoms with E-state index in [0.29, 0.717) is 5.75 Å². The lowest BCUT2D eigenvalue weighted by Gasteiger charge is -2.19. The van der Waals surface area contributed by atoms with Crippen molar-refractivity contribution in [2.45, 2.75) is 32.2 Å². The minimum atomic E-state index is -0.484. The van der Waals surface area contributed by atoms with Gasteiger partial charge in [-0.25, -0.2) is 0 Å². The third kappa shape index (κ3) is 3.35. The van der Waals surface area contributed by atoms with Gasteiger partial charge < -0.3 is 10.4 Å². The van der Waals surface area contributed by atoms with Gasteiger partial charge in [-0.3, -0.25) is 0 Å². The zero-order chi connectivity index (χ0) is 15.5. The van der Waals surface area contributed by atoms with Crippen molar-refractivity contribution in [2.75, 3.05) is 5.32 Å². The number of para-hydroxylation sites is 1. The van der Waals surface area contributed by atoms with Crippen molar-refractivity contribution in [3.05, 3.63) is 59.7 Å². The number of hydrogen-bond donors (Lipinski definition) is 2. The Morgan fingerprint density at radius 3 is 2.29 bits per heavy atom. The Hall–Kier alpha value is -2.47. The molecule has 0 aliphatic rings. The Labute approximate surface area is 125 Å². The minimum Gasteiger partial charge on any atom is -0.508 e. The molecular formula is C18H20N2O. The first kappa shape index (κ1) is 14.9. The van der Waals surface area contributed by atoms with Gasteiger partial charge in [0.25, 0.3) is 0 Å². The lowest BCUT2D eigenvalue weighted by molar-refractivity contribution is 0.465. The molecule has 0 saturated heterocycles. The Kier molecular flexibility index (Phi) is 4.18. The average Bonchev–Trinajstić information content (AvgIpc) is 2.48. The van der Waals surface area contributed by atoms with Crippen molar-refractivity contribution < 1.29 is 5.11 Å². The third-order valence-electron chi connectivity index (χ3n) is 3.67. The van der Waals surface area contributed by atoms with Gasteiger partial charge in [0.15, 0.2) is 0 Å². The second-order valence-electron chi connectivity index (χ2n) is 5.74. The molecular weight excluding hydrogens is 260 g/mol. The van der Waals surface area contributed by atoms with Crippen LogP contribution in [0.25, 0.3) is 0 Å². The Morgan fingerprint density at radius 1 is 1.10 bits per heavy atom. The summed E-state index contributed by atoms with van der Waals surface area (Å²) in [5, 5.41) is 22.4. The molecule has 0 fully saturated rings. The molecule has 2 rings (SSSR count). The maximum atomic E-state index is 9.87. The minimum absolute atomic E-state index is 0.000951. The van der Waals surface area contributed by atoms with E-state index in [-0.39, 0.29) is 6.04 Å². The van der Waals surface area contributed by atoms with Gasteiger partial charge in [-0.2, -0.15) is 5.26 Å². The molecule has 1 unspecified atom stereocenters. The van der Waals surface area contributed by atoms with Crippen LogP contribution < -0.4 is 5.32 Å². The number of nitriles is 1. The SMILES string of the molecule is CC(Nc1ccc(C(C)(C)C#N)cc1)c1ccccc1O. The molecule has 3 heteroatoms. The molecule has 1 atom stereocenters. The number of benzene rings is 2. The maximum absolute atomic E-state index is 9.87. The molecule has 0 heterocycles. The number of phenolic OH excluding ortho intramolecular Hbond substituents is 1. The topological polar surface area (TPSA) is 56.0 Å². The second-order valence-corrected chi connectivity index (χ2v) is 5.74. The summed E-state index contributed by atoms with van der Waals surface area (Å²) >= 11 is 0. The Balaban J connectivity index is 2.15. The Morgan fingerprint density at radius 2 is 1.71 bits per heavy atom. The molecule has 0 amide bonds. The molecule has 0 bridgehead atoms. The summed E-state index contributed by atoms with van der Waals surface area (Å²) in [6.07, 6.45) is 0. The Bertz CT molecular complexity index is 654. The van der Waals surface area contributed by atoms with Crippen LogP contribution in [0.2, 0.25) is 0 Å². The molecule has 0 aliphatic carbocycles. The first-order valence-corrected chi connectivity index (χ1v) is 7.00. The molecule has 0 spiro atoms. The number of nitrogens with one attached hydrogen (secondary N) is 1. The molecule has 3 nitrogen and oxygen atoms in total. The van der Waals surface area contributed by atoms with Gasteiger partial charge in [0.2, 0.25) is 0 Å². The summed E-state index contributed by atoms with van der Waals surface area (Å²) in [4.78, 5) is 0. The highest BCUT2D eigenvalue weighted by Gasteiger charge is 2.19. The zero-order valence-corrected chi connectivity index (χ0v) is 12.6. The van der Waals surface area contributed by atoms with Crippen molar-refractivity contribution in [3.8, 4) is 11.8 Å². The average molecular weight is 280 g/mol. The van der Waals surface area contributed by atoms with Gasteiger partial charge in [0.1, 0.15) is 5.75 Å². The summed E-state index contributed by atoms with van der Waals surface area (Å²) in [7, 11) is 0. The smallest absolute Gasteiger partial charge is 0.120 e. The molecule has 0 radical (unpaired) electrons.